The first-order chi connectivity index (χ1) is 15.0. The number of hydrogen-bond donors (Lipinski definition) is 2. The second kappa shape index (κ2) is 8.99. The summed E-state index contributed by atoms with van der Waals surface area (Å²) in [5.41, 5.74) is 0.386. The second-order valence-corrected chi connectivity index (χ2v) is 8.04. The monoisotopic (exact) mass is 441 g/mol. The maximum atomic E-state index is 13.8. The smallest absolute Gasteiger partial charge is 0.284 e. The van der Waals surface area contributed by atoms with Gasteiger partial charge in [0.15, 0.2) is 0 Å². The highest BCUT2D eigenvalue weighted by Gasteiger charge is 2.29. The molecule has 0 spiro atoms. The van der Waals surface area contributed by atoms with Crippen molar-refractivity contribution >= 4 is 17.5 Å². The molecule has 1 amide bonds. The Labute approximate surface area is 183 Å². The fourth-order valence-corrected chi connectivity index (χ4v) is 3.73. The first-order valence-corrected chi connectivity index (χ1v) is 10.4. The van der Waals surface area contributed by atoms with E-state index in [1.165, 1.54) is 30.3 Å². The van der Waals surface area contributed by atoms with Gasteiger partial charge < -0.3 is 10.4 Å². The zero-order valence-corrected chi connectivity index (χ0v) is 17.3. The first kappa shape index (κ1) is 21.2. The molecule has 1 aliphatic rings. The number of carbonyl (C=O) groups excluding carboxylic acids is 1. The lowest BCUT2D eigenvalue weighted by atomic mass is 9.80. The molecule has 0 saturated heterocycles. The average molecular weight is 442 g/mol. The van der Waals surface area contributed by atoms with Crippen LogP contribution in [0.1, 0.15) is 29.6 Å². The number of benzene rings is 2. The minimum atomic E-state index is -0.675. The third-order valence-corrected chi connectivity index (χ3v) is 5.83. The van der Waals surface area contributed by atoms with Crippen molar-refractivity contribution in [3.8, 4) is 16.9 Å². The van der Waals surface area contributed by atoms with E-state index in [2.05, 4.69) is 10.4 Å². The summed E-state index contributed by atoms with van der Waals surface area (Å²) in [7, 11) is 0. The Bertz CT molecular complexity index is 1160. The fourth-order valence-electron chi connectivity index (χ4n) is 3.60. The van der Waals surface area contributed by atoms with Crippen molar-refractivity contribution in [1.29, 1.82) is 0 Å². The molecule has 1 fully saturated rings. The van der Waals surface area contributed by atoms with E-state index in [0.717, 1.165) is 23.9 Å². The summed E-state index contributed by atoms with van der Waals surface area (Å²) < 4.78 is 14.8. The van der Waals surface area contributed by atoms with Crippen molar-refractivity contribution in [3.63, 3.8) is 0 Å². The molecule has 1 atom stereocenters. The van der Waals surface area contributed by atoms with Crippen LogP contribution in [0.25, 0.3) is 16.9 Å². The van der Waals surface area contributed by atoms with E-state index in [9.17, 15) is 19.1 Å². The Balaban J connectivity index is 1.80. The third kappa shape index (κ3) is 4.52. The predicted molar refractivity (Wildman–Crippen MR) is 116 cm³/mol. The summed E-state index contributed by atoms with van der Waals surface area (Å²) in [6.45, 7) is -0.205. The van der Waals surface area contributed by atoms with Gasteiger partial charge in [-0.3, -0.25) is 9.59 Å². The molecule has 160 valence electrons. The molecule has 4 rings (SSSR count). The van der Waals surface area contributed by atoms with E-state index in [4.69, 9.17) is 11.6 Å². The number of carbonyl (C=O) groups is 1. The predicted octanol–water partition coefficient (Wildman–Crippen LogP) is 3.58. The van der Waals surface area contributed by atoms with Crippen LogP contribution in [0.3, 0.4) is 0 Å². The second-order valence-electron chi connectivity index (χ2n) is 7.60. The van der Waals surface area contributed by atoms with Crippen molar-refractivity contribution in [3.05, 3.63) is 81.4 Å². The Kier molecular flexibility index (Phi) is 6.15. The molecule has 6 nitrogen and oxygen atoms in total. The third-order valence-electron chi connectivity index (χ3n) is 5.58. The van der Waals surface area contributed by atoms with Crippen LogP contribution in [-0.2, 0) is 0 Å². The molecular weight excluding hydrogens is 421 g/mol. The van der Waals surface area contributed by atoms with Gasteiger partial charge in [-0.1, -0.05) is 36.2 Å². The zero-order chi connectivity index (χ0) is 22.0. The Morgan fingerprint density at radius 1 is 1.23 bits per heavy atom. The molecular formula is C23H21ClFN3O3. The maximum Gasteiger partial charge on any atom is 0.284 e. The highest BCUT2D eigenvalue weighted by atomic mass is 35.5. The van der Waals surface area contributed by atoms with Gasteiger partial charge in [-0.05, 0) is 55.2 Å². The van der Waals surface area contributed by atoms with Crippen LogP contribution in [0.5, 0.6) is 0 Å². The Morgan fingerprint density at radius 3 is 2.58 bits per heavy atom. The highest BCUT2D eigenvalue weighted by Crippen LogP contribution is 2.29. The summed E-state index contributed by atoms with van der Waals surface area (Å²) in [6.07, 6.45) is 2.90. The number of amides is 1. The molecule has 1 saturated carbocycles. The van der Waals surface area contributed by atoms with Gasteiger partial charge in [0.05, 0.1) is 24.0 Å². The number of aliphatic hydroxyl groups excluding tert-OH is 1. The summed E-state index contributed by atoms with van der Waals surface area (Å²) in [4.78, 5) is 26.1. The van der Waals surface area contributed by atoms with E-state index >= 15 is 0 Å². The number of nitrogens with zero attached hydrogens (tertiary/aromatic N) is 2. The van der Waals surface area contributed by atoms with Crippen LogP contribution in [-0.4, -0.2) is 33.4 Å². The highest BCUT2D eigenvalue weighted by molar-refractivity contribution is 6.30. The molecule has 2 N–H and O–H groups in total. The number of halogens is 2. The molecule has 1 aliphatic carbocycles. The lowest BCUT2D eigenvalue weighted by molar-refractivity contribution is 0.0843. The van der Waals surface area contributed by atoms with Crippen molar-refractivity contribution in [2.45, 2.75) is 25.3 Å². The number of nitrogens with one attached hydrogen (secondary N) is 1. The van der Waals surface area contributed by atoms with Gasteiger partial charge in [0.1, 0.15) is 11.4 Å². The van der Waals surface area contributed by atoms with Crippen LogP contribution < -0.4 is 10.9 Å². The standard InChI is InChI=1S/C23H21ClFN3O3/c24-16-9-7-15(8-10-16)20-12-19(22(30)26-21(13-29)14-3-1-4-14)23(31)28(27-20)18-6-2-5-17(25)11-18/h2,5-12,14,21,29H,1,3-4,13H2,(H,26,30). The van der Waals surface area contributed by atoms with Crippen molar-refractivity contribution in [2.24, 2.45) is 5.92 Å². The lowest BCUT2D eigenvalue weighted by Crippen LogP contribution is -2.47. The van der Waals surface area contributed by atoms with E-state index in [-0.39, 0.29) is 23.8 Å². The van der Waals surface area contributed by atoms with Gasteiger partial charge in [0.2, 0.25) is 0 Å². The van der Waals surface area contributed by atoms with Gasteiger partial charge in [0, 0.05) is 10.6 Å². The minimum Gasteiger partial charge on any atom is -0.394 e. The van der Waals surface area contributed by atoms with E-state index in [1.54, 1.807) is 24.3 Å². The van der Waals surface area contributed by atoms with Crippen LogP contribution >= 0.6 is 11.6 Å². The van der Waals surface area contributed by atoms with E-state index in [1.807, 2.05) is 0 Å². The summed E-state index contributed by atoms with van der Waals surface area (Å²) >= 11 is 5.97. The number of aromatic nitrogens is 2. The summed E-state index contributed by atoms with van der Waals surface area (Å²) in [5.74, 6) is -0.935. The Morgan fingerprint density at radius 2 is 1.97 bits per heavy atom. The van der Waals surface area contributed by atoms with E-state index in [0.29, 0.717) is 16.3 Å². The Hall–Kier alpha value is -3.03. The largest absolute Gasteiger partial charge is 0.394 e. The van der Waals surface area contributed by atoms with Crippen molar-refractivity contribution < 1.29 is 14.3 Å². The zero-order valence-electron chi connectivity index (χ0n) is 16.6. The van der Waals surface area contributed by atoms with Gasteiger partial charge in [-0.25, -0.2) is 4.39 Å². The van der Waals surface area contributed by atoms with Gasteiger partial charge >= 0.3 is 0 Å². The molecule has 1 aromatic heterocycles. The number of rotatable bonds is 6. The molecule has 1 unspecified atom stereocenters. The summed E-state index contributed by atoms with van der Waals surface area (Å²) in [6, 6.07) is 13.2. The van der Waals surface area contributed by atoms with Crippen LogP contribution in [0.2, 0.25) is 5.02 Å². The van der Waals surface area contributed by atoms with Gasteiger partial charge in [-0.2, -0.15) is 9.78 Å². The molecule has 3 aromatic rings. The normalized spacial score (nSPS) is 14.7. The lowest BCUT2D eigenvalue weighted by Gasteiger charge is -2.33. The van der Waals surface area contributed by atoms with Crippen LogP contribution in [0, 0.1) is 11.7 Å². The number of aliphatic hydroxyl groups is 1. The van der Waals surface area contributed by atoms with E-state index < -0.39 is 23.3 Å². The quantitative estimate of drug-likeness (QED) is 0.612. The fraction of sp³-hybridized carbons (Fsp3) is 0.261. The molecule has 2 aromatic carbocycles. The SMILES string of the molecule is O=C(NC(CO)C1CCC1)c1cc(-c2ccc(Cl)cc2)nn(-c2cccc(F)c2)c1=O. The molecule has 0 radical (unpaired) electrons. The van der Waals surface area contributed by atoms with Crippen LogP contribution in [0.15, 0.2) is 59.4 Å². The van der Waals surface area contributed by atoms with Gasteiger partial charge in [-0.15, -0.1) is 0 Å². The van der Waals surface area contributed by atoms with Crippen molar-refractivity contribution in [1.82, 2.24) is 15.1 Å². The average Bonchev–Trinajstić information content (AvgIpc) is 2.72. The maximum absolute atomic E-state index is 13.8. The molecule has 1 heterocycles. The topological polar surface area (TPSA) is 84.2 Å². The number of hydrogen-bond acceptors (Lipinski definition) is 4. The molecule has 8 heteroatoms. The molecule has 0 aliphatic heterocycles. The molecule has 31 heavy (non-hydrogen) atoms. The van der Waals surface area contributed by atoms with Gasteiger partial charge in [0.25, 0.3) is 11.5 Å². The van der Waals surface area contributed by atoms with Crippen LogP contribution in [0.4, 0.5) is 4.39 Å². The summed E-state index contributed by atoms with van der Waals surface area (Å²) in [5, 5.41) is 17.3. The minimum absolute atomic E-state index is 0.137. The first-order valence-electron chi connectivity index (χ1n) is 10.0. The molecule has 0 bridgehead atoms. The van der Waals surface area contributed by atoms with Crippen molar-refractivity contribution in [2.75, 3.05) is 6.61 Å².